The number of rotatable bonds is 5. The first kappa shape index (κ1) is 13.8. The molecule has 0 saturated carbocycles. The van der Waals surface area contributed by atoms with Crippen LogP contribution in [0.5, 0.6) is 0 Å². The monoisotopic (exact) mass is 265 g/mol. The molecule has 2 unspecified atom stereocenters. The first-order valence-corrected chi connectivity index (χ1v) is 7.93. The zero-order valence-corrected chi connectivity index (χ0v) is 12.2. The Morgan fingerprint density at radius 1 is 1.56 bits per heavy atom. The minimum Gasteiger partial charge on any atom is -0.330 e. The summed E-state index contributed by atoms with van der Waals surface area (Å²) in [6.07, 6.45) is 6.54. The highest BCUT2D eigenvalue weighted by Crippen LogP contribution is 2.24. The van der Waals surface area contributed by atoms with Gasteiger partial charge in [0.1, 0.15) is 5.82 Å². The molecule has 1 aromatic rings. The molecule has 0 aliphatic heterocycles. The van der Waals surface area contributed by atoms with Gasteiger partial charge in [-0.15, -0.1) is 0 Å². The van der Waals surface area contributed by atoms with Gasteiger partial charge >= 0.3 is 0 Å². The topological polar surface area (TPSA) is 51.8 Å². The minimum atomic E-state index is 0.626. The van der Waals surface area contributed by atoms with Gasteiger partial charge in [-0.05, 0) is 43.7 Å². The number of aromatic nitrogens is 2. The van der Waals surface area contributed by atoms with Gasteiger partial charge in [-0.1, -0.05) is 13.8 Å². The lowest BCUT2D eigenvalue weighted by Gasteiger charge is -2.22. The molecule has 0 aromatic carbocycles. The first-order valence-electron chi connectivity index (χ1n) is 6.88. The Bertz CT molecular complexity index is 395. The Balaban J connectivity index is 2.00. The molecule has 2 N–H and O–H groups in total. The summed E-state index contributed by atoms with van der Waals surface area (Å²) >= 11 is 1.94. The van der Waals surface area contributed by atoms with E-state index in [1.54, 1.807) is 0 Å². The SMILES string of the molecule is CCC(C)SCc1ncc2c(n1)CCC(CN)C2. The lowest BCUT2D eigenvalue weighted by molar-refractivity contribution is 0.460. The summed E-state index contributed by atoms with van der Waals surface area (Å²) in [6, 6.07) is 0. The summed E-state index contributed by atoms with van der Waals surface area (Å²) in [7, 11) is 0. The molecule has 0 saturated heterocycles. The molecule has 0 radical (unpaired) electrons. The number of hydrogen-bond donors (Lipinski definition) is 1. The summed E-state index contributed by atoms with van der Waals surface area (Å²) < 4.78 is 0. The number of hydrogen-bond acceptors (Lipinski definition) is 4. The Labute approximate surface area is 114 Å². The van der Waals surface area contributed by atoms with Gasteiger partial charge in [0.2, 0.25) is 0 Å². The van der Waals surface area contributed by atoms with Crippen molar-refractivity contribution < 1.29 is 0 Å². The molecular formula is C14H23N3S. The Kier molecular flexibility index (Phi) is 5.01. The smallest absolute Gasteiger partial charge is 0.138 e. The van der Waals surface area contributed by atoms with Gasteiger partial charge < -0.3 is 5.73 Å². The fraction of sp³-hybridized carbons (Fsp3) is 0.714. The predicted octanol–water partition coefficient (Wildman–Crippen LogP) is 2.57. The van der Waals surface area contributed by atoms with Crippen molar-refractivity contribution in [3.05, 3.63) is 23.3 Å². The van der Waals surface area contributed by atoms with Crippen molar-refractivity contribution in [2.24, 2.45) is 11.7 Å². The highest BCUT2D eigenvalue weighted by molar-refractivity contribution is 7.99. The molecule has 1 heterocycles. The third-order valence-corrected chi connectivity index (χ3v) is 5.03. The van der Waals surface area contributed by atoms with E-state index < -0.39 is 0 Å². The van der Waals surface area contributed by atoms with Crippen molar-refractivity contribution in [3.8, 4) is 0 Å². The van der Waals surface area contributed by atoms with Crippen LogP contribution in [0.25, 0.3) is 0 Å². The van der Waals surface area contributed by atoms with Crippen molar-refractivity contribution in [1.29, 1.82) is 0 Å². The van der Waals surface area contributed by atoms with Crippen molar-refractivity contribution in [1.82, 2.24) is 9.97 Å². The van der Waals surface area contributed by atoms with Crippen molar-refractivity contribution in [2.75, 3.05) is 6.54 Å². The average molecular weight is 265 g/mol. The second-order valence-electron chi connectivity index (χ2n) is 5.13. The van der Waals surface area contributed by atoms with Crippen molar-refractivity contribution in [2.45, 2.75) is 50.5 Å². The Morgan fingerprint density at radius 2 is 2.39 bits per heavy atom. The third kappa shape index (κ3) is 3.45. The molecule has 4 heteroatoms. The summed E-state index contributed by atoms with van der Waals surface area (Å²) in [6.45, 7) is 5.26. The van der Waals surface area contributed by atoms with Gasteiger partial charge in [0.05, 0.1) is 5.75 Å². The van der Waals surface area contributed by atoms with Gasteiger partial charge in [0.25, 0.3) is 0 Å². The normalized spacial score (nSPS) is 20.5. The van der Waals surface area contributed by atoms with Crippen LogP contribution < -0.4 is 5.73 Å². The average Bonchev–Trinajstić information content (AvgIpc) is 2.43. The molecule has 18 heavy (non-hydrogen) atoms. The van der Waals surface area contributed by atoms with Gasteiger partial charge in [0, 0.05) is 17.1 Å². The zero-order valence-electron chi connectivity index (χ0n) is 11.4. The molecule has 1 aliphatic carbocycles. The van der Waals surface area contributed by atoms with Crippen LogP contribution in [0.1, 0.15) is 43.8 Å². The highest BCUT2D eigenvalue weighted by atomic mass is 32.2. The zero-order chi connectivity index (χ0) is 13.0. The molecule has 0 bridgehead atoms. The summed E-state index contributed by atoms with van der Waals surface area (Å²) in [5, 5.41) is 0.686. The van der Waals surface area contributed by atoms with Crippen LogP contribution in [0.2, 0.25) is 0 Å². The van der Waals surface area contributed by atoms with Gasteiger partial charge in [-0.3, -0.25) is 0 Å². The first-order chi connectivity index (χ1) is 8.72. The van der Waals surface area contributed by atoms with E-state index in [2.05, 4.69) is 18.8 Å². The van der Waals surface area contributed by atoms with Crippen LogP contribution in [0.4, 0.5) is 0 Å². The standard InChI is InChI=1S/C14H23N3S/c1-3-10(2)18-9-14-16-8-12-6-11(7-15)4-5-13(12)17-14/h8,10-11H,3-7,9,15H2,1-2H3. The molecule has 3 nitrogen and oxygen atoms in total. The predicted molar refractivity (Wildman–Crippen MR) is 77.6 cm³/mol. The molecule has 2 atom stereocenters. The number of nitrogens with zero attached hydrogens (tertiary/aromatic N) is 2. The van der Waals surface area contributed by atoms with E-state index in [1.807, 2.05) is 18.0 Å². The van der Waals surface area contributed by atoms with E-state index in [-0.39, 0.29) is 0 Å². The van der Waals surface area contributed by atoms with Gasteiger partial charge in [0.15, 0.2) is 0 Å². The van der Waals surface area contributed by atoms with E-state index in [1.165, 1.54) is 24.1 Å². The molecule has 0 spiro atoms. The number of nitrogens with two attached hydrogens (primary N) is 1. The quantitative estimate of drug-likeness (QED) is 0.889. The third-order valence-electron chi connectivity index (χ3n) is 3.71. The maximum atomic E-state index is 5.74. The number of thioether (sulfide) groups is 1. The van der Waals surface area contributed by atoms with E-state index in [9.17, 15) is 0 Å². The largest absolute Gasteiger partial charge is 0.330 e. The molecule has 0 fully saturated rings. The Hall–Kier alpha value is -0.610. The molecule has 2 rings (SSSR count). The van der Waals surface area contributed by atoms with E-state index in [0.717, 1.165) is 31.0 Å². The Morgan fingerprint density at radius 3 is 3.11 bits per heavy atom. The molecule has 1 aliphatic rings. The van der Waals surface area contributed by atoms with Gasteiger partial charge in [-0.25, -0.2) is 9.97 Å². The summed E-state index contributed by atoms with van der Waals surface area (Å²) in [5.41, 5.74) is 8.32. The van der Waals surface area contributed by atoms with Crippen molar-refractivity contribution >= 4 is 11.8 Å². The lowest BCUT2D eigenvalue weighted by Crippen LogP contribution is -2.23. The molecule has 1 aromatic heterocycles. The van der Waals surface area contributed by atoms with Crippen LogP contribution >= 0.6 is 11.8 Å². The van der Waals surface area contributed by atoms with Crippen molar-refractivity contribution in [3.63, 3.8) is 0 Å². The van der Waals surface area contributed by atoms with Crippen LogP contribution in [0.15, 0.2) is 6.20 Å². The maximum Gasteiger partial charge on any atom is 0.138 e. The number of aryl methyl sites for hydroxylation is 1. The van der Waals surface area contributed by atoms with E-state index >= 15 is 0 Å². The fourth-order valence-corrected chi connectivity index (χ4v) is 3.04. The number of fused-ring (bicyclic) bond motifs is 1. The second kappa shape index (κ2) is 6.53. The minimum absolute atomic E-state index is 0.626. The molecular weight excluding hydrogens is 242 g/mol. The van der Waals surface area contributed by atoms with Crippen LogP contribution in [-0.2, 0) is 18.6 Å². The van der Waals surface area contributed by atoms with Crippen LogP contribution in [0.3, 0.4) is 0 Å². The lowest BCUT2D eigenvalue weighted by atomic mass is 9.87. The summed E-state index contributed by atoms with van der Waals surface area (Å²) in [4.78, 5) is 9.21. The fourth-order valence-electron chi connectivity index (χ4n) is 2.23. The van der Waals surface area contributed by atoms with Crippen LogP contribution in [0, 0.1) is 5.92 Å². The second-order valence-corrected chi connectivity index (χ2v) is 6.56. The highest BCUT2D eigenvalue weighted by Gasteiger charge is 2.19. The molecule has 0 amide bonds. The summed E-state index contributed by atoms with van der Waals surface area (Å²) in [5.74, 6) is 2.55. The maximum absolute atomic E-state index is 5.74. The van der Waals surface area contributed by atoms with Crippen LogP contribution in [-0.4, -0.2) is 21.8 Å². The van der Waals surface area contributed by atoms with E-state index in [4.69, 9.17) is 10.7 Å². The van der Waals surface area contributed by atoms with Gasteiger partial charge in [-0.2, -0.15) is 11.8 Å². The molecule has 100 valence electrons. The van der Waals surface area contributed by atoms with E-state index in [0.29, 0.717) is 11.2 Å².